The molecule has 0 atom stereocenters. The highest BCUT2D eigenvalue weighted by Gasteiger charge is 2.53. The molecule has 1 aromatic heterocycles. The summed E-state index contributed by atoms with van der Waals surface area (Å²) in [5, 5.41) is 0.432. The quantitative estimate of drug-likeness (QED) is 0.549. The molecular formula is C22H24ClNO3. The van der Waals surface area contributed by atoms with Gasteiger partial charge in [-0.15, -0.1) is 0 Å². The zero-order chi connectivity index (χ0) is 20.1. The third-order valence-corrected chi connectivity index (χ3v) is 5.39. The Labute approximate surface area is 164 Å². The zero-order valence-corrected chi connectivity index (χ0v) is 17.3. The zero-order valence-electron chi connectivity index (χ0n) is 16.5. The number of hydrogen-bond donors (Lipinski definition) is 0. The number of aromatic nitrogens is 1. The molecule has 1 saturated heterocycles. The Kier molecular flexibility index (Phi) is 4.77. The van der Waals surface area contributed by atoms with Crippen molar-refractivity contribution >= 4 is 23.2 Å². The lowest BCUT2D eigenvalue weighted by atomic mass is 9.73. The average molecular weight is 386 g/mol. The van der Waals surface area contributed by atoms with Crippen LogP contribution >= 0.6 is 11.6 Å². The van der Waals surface area contributed by atoms with Crippen molar-refractivity contribution in [2.75, 3.05) is 0 Å². The van der Waals surface area contributed by atoms with E-state index in [-0.39, 0.29) is 11.6 Å². The third-order valence-electron chi connectivity index (χ3n) is 5.17. The third kappa shape index (κ3) is 3.44. The van der Waals surface area contributed by atoms with Gasteiger partial charge in [-0.3, -0.25) is 9.59 Å². The maximum Gasteiger partial charge on any atom is 0.179 e. The highest BCUT2D eigenvalue weighted by atomic mass is 35.5. The molecule has 5 heteroatoms. The van der Waals surface area contributed by atoms with Gasteiger partial charge in [0.25, 0.3) is 0 Å². The number of nitrogens with zero attached hydrogens (tertiary/aromatic N) is 1. The van der Waals surface area contributed by atoms with Gasteiger partial charge in [0.1, 0.15) is 22.3 Å². The summed E-state index contributed by atoms with van der Waals surface area (Å²) in [7, 11) is 0. The van der Waals surface area contributed by atoms with Crippen LogP contribution in [-0.4, -0.2) is 27.8 Å². The maximum absolute atomic E-state index is 13.1. The molecule has 0 amide bonds. The van der Waals surface area contributed by atoms with Gasteiger partial charge in [0, 0.05) is 11.3 Å². The Hall–Kier alpha value is -2.04. The van der Waals surface area contributed by atoms with Gasteiger partial charge < -0.3 is 4.74 Å². The van der Waals surface area contributed by atoms with Crippen LogP contribution in [0.4, 0.5) is 0 Å². The van der Waals surface area contributed by atoms with Crippen LogP contribution in [0.2, 0.25) is 5.15 Å². The Morgan fingerprint density at radius 3 is 2.11 bits per heavy atom. The van der Waals surface area contributed by atoms with Gasteiger partial charge in [-0.2, -0.15) is 0 Å². The molecule has 0 N–H and O–H groups in total. The van der Waals surface area contributed by atoms with E-state index < -0.39 is 17.1 Å². The second kappa shape index (κ2) is 6.54. The van der Waals surface area contributed by atoms with E-state index in [1.165, 1.54) is 0 Å². The normalized spacial score (nSPS) is 19.4. The van der Waals surface area contributed by atoms with Crippen molar-refractivity contribution in [1.82, 2.24) is 4.98 Å². The number of benzene rings is 1. The van der Waals surface area contributed by atoms with E-state index >= 15 is 0 Å². The molecule has 3 rings (SSSR count). The summed E-state index contributed by atoms with van der Waals surface area (Å²) in [6.07, 6.45) is 0. The van der Waals surface area contributed by atoms with E-state index in [1.54, 1.807) is 33.8 Å². The van der Waals surface area contributed by atoms with Crippen LogP contribution in [0.3, 0.4) is 0 Å². The van der Waals surface area contributed by atoms with Crippen molar-refractivity contribution in [3.63, 3.8) is 0 Å². The van der Waals surface area contributed by atoms with Crippen LogP contribution < -0.4 is 0 Å². The van der Waals surface area contributed by atoms with Crippen LogP contribution in [0.25, 0.3) is 11.1 Å². The van der Waals surface area contributed by atoms with E-state index in [9.17, 15) is 9.59 Å². The van der Waals surface area contributed by atoms with E-state index in [1.807, 2.05) is 38.1 Å². The maximum atomic E-state index is 13.1. The predicted octanol–water partition coefficient (Wildman–Crippen LogP) is 4.83. The standard InChI is InChI=1S/C22H24ClNO3/c1-12-7-8-14(15-9-10-17(23)24-13(15)2)11-16(12)18-19(25)21(3,4)27-22(5,6)20(18)26/h7-11,18H,1-6H3. The lowest BCUT2D eigenvalue weighted by molar-refractivity contribution is -0.184. The number of carbonyl (C=O) groups excluding carboxylic acids is 2. The smallest absolute Gasteiger partial charge is 0.179 e. The Balaban J connectivity index is 2.16. The minimum Gasteiger partial charge on any atom is -0.354 e. The van der Waals surface area contributed by atoms with Gasteiger partial charge in [-0.05, 0) is 76.4 Å². The second-order valence-corrected chi connectivity index (χ2v) is 8.51. The minimum atomic E-state index is -1.03. The van der Waals surface area contributed by atoms with E-state index in [2.05, 4.69) is 4.98 Å². The number of Topliss-reactive ketones (excluding diaryl/α,β-unsaturated/α-hetero) is 2. The molecule has 0 bridgehead atoms. The highest BCUT2D eigenvalue weighted by molar-refractivity contribution is 6.29. The summed E-state index contributed by atoms with van der Waals surface area (Å²) < 4.78 is 5.80. The van der Waals surface area contributed by atoms with Crippen molar-refractivity contribution in [2.45, 2.75) is 58.7 Å². The van der Waals surface area contributed by atoms with Gasteiger partial charge in [0.15, 0.2) is 11.6 Å². The fraction of sp³-hybridized carbons (Fsp3) is 0.409. The molecule has 4 nitrogen and oxygen atoms in total. The summed E-state index contributed by atoms with van der Waals surface area (Å²) >= 11 is 5.97. The first-order valence-corrected chi connectivity index (χ1v) is 9.35. The van der Waals surface area contributed by atoms with Crippen molar-refractivity contribution in [2.24, 2.45) is 0 Å². The van der Waals surface area contributed by atoms with Gasteiger partial charge in [-0.25, -0.2) is 4.98 Å². The summed E-state index contributed by atoms with van der Waals surface area (Å²) in [6, 6.07) is 9.47. The number of rotatable bonds is 2. The molecule has 27 heavy (non-hydrogen) atoms. The monoisotopic (exact) mass is 385 g/mol. The SMILES string of the molecule is Cc1ccc(-c2ccc(Cl)nc2C)cc1C1C(=O)C(C)(C)OC(C)(C)C1=O. The molecular weight excluding hydrogens is 362 g/mol. The molecule has 0 unspecified atom stereocenters. The van der Waals surface area contributed by atoms with Crippen molar-refractivity contribution in [3.05, 3.63) is 52.3 Å². The van der Waals surface area contributed by atoms with Crippen molar-refractivity contribution in [1.29, 1.82) is 0 Å². The molecule has 0 aliphatic carbocycles. The second-order valence-electron chi connectivity index (χ2n) is 8.12. The lowest BCUT2D eigenvalue weighted by Crippen LogP contribution is -2.58. The molecule has 0 radical (unpaired) electrons. The summed E-state index contributed by atoms with van der Waals surface area (Å²) in [5.41, 5.74) is 2.19. The number of pyridine rings is 1. The number of halogens is 1. The molecule has 2 aromatic rings. The molecule has 0 spiro atoms. The molecule has 0 saturated carbocycles. The molecule has 1 aromatic carbocycles. The first-order valence-electron chi connectivity index (χ1n) is 8.97. The predicted molar refractivity (Wildman–Crippen MR) is 106 cm³/mol. The number of aryl methyl sites for hydroxylation is 2. The van der Waals surface area contributed by atoms with Crippen LogP contribution in [-0.2, 0) is 14.3 Å². The van der Waals surface area contributed by atoms with Crippen LogP contribution in [0.5, 0.6) is 0 Å². The lowest BCUT2D eigenvalue weighted by Gasteiger charge is -2.43. The molecule has 142 valence electrons. The molecule has 2 heterocycles. The van der Waals surface area contributed by atoms with Gasteiger partial charge in [0.05, 0.1) is 0 Å². The Bertz CT molecular complexity index is 921. The molecule has 1 aliphatic rings. The number of hydrogen-bond acceptors (Lipinski definition) is 4. The first-order chi connectivity index (χ1) is 12.4. The van der Waals surface area contributed by atoms with Gasteiger partial charge in [0.2, 0.25) is 0 Å². The van der Waals surface area contributed by atoms with Crippen LogP contribution in [0.15, 0.2) is 30.3 Å². The molecule has 1 aliphatic heterocycles. The summed E-state index contributed by atoms with van der Waals surface area (Å²) in [5.74, 6) is -1.26. The van der Waals surface area contributed by atoms with E-state index in [0.29, 0.717) is 5.15 Å². The fourth-order valence-electron chi connectivity index (χ4n) is 3.79. The Morgan fingerprint density at radius 1 is 0.963 bits per heavy atom. The van der Waals surface area contributed by atoms with Crippen molar-refractivity contribution in [3.8, 4) is 11.1 Å². The molecule has 1 fully saturated rings. The number of ketones is 2. The Morgan fingerprint density at radius 2 is 1.56 bits per heavy atom. The topological polar surface area (TPSA) is 56.3 Å². The summed E-state index contributed by atoms with van der Waals surface area (Å²) in [4.78, 5) is 30.5. The first kappa shape index (κ1) is 19.7. The fourth-order valence-corrected chi connectivity index (χ4v) is 3.98. The number of carbonyl (C=O) groups is 2. The average Bonchev–Trinajstić information content (AvgIpc) is 2.55. The minimum absolute atomic E-state index is 0.210. The van der Waals surface area contributed by atoms with E-state index in [4.69, 9.17) is 16.3 Å². The van der Waals surface area contributed by atoms with Crippen molar-refractivity contribution < 1.29 is 14.3 Å². The van der Waals surface area contributed by atoms with Gasteiger partial charge in [-0.1, -0.05) is 23.7 Å². The largest absolute Gasteiger partial charge is 0.354 e. The van der Waals surface area contributed by atoms with Crippen LogP contribution in [0, 0.1) is 13.8 Å². The van der Waals surface area contributed by atoms with Gasteiger partial charge >= 0.3 is 0 Å². The highest BCUT2D eigenvalue weighted by Crippen LogP contribution is 2.40. The number of ether oxygens (including phenoxy) is 1. The summed E-state index contributed by atoms with van der Waals surface area (Å²) in [6.45, 7) is 10.7. The van der Waals surface area contributed by atoms with Crippen LogP contribution in [0.1, 0.15) is 50.4 Å². The van der Waals surface area contributed by atoms with E-state index in [0.717, 1.165) is 27.9 Å².